The Balaban J connectivity index is 1.80. The summed E-state index contributed by atoms with van der Waals surface area (Å²) in [5, 5.41) is 0. The summed E-state index contributed by atoms with van der Waals surface area (Å²) in [6.45, 7) is 1.85. The minimum atomic E-state index is -2.38. The zero-order valence-corrected chi connectivity index (χ0v) is 7.84. The SMILES string of the molecule is O=C(CCC(F)F)N1CCC12COC2. The number of rotatable bonds is 3. The van der Waals surface area contributed by atoms with E-state index < -0.39 is 6.43 Å². The molecule has 0 bridgehead atoms. The molecule has 0 aromatic rings. The fourth-order valence-corrected chi connectivity index (χ4v) is 1.93. The molecule has 2 fully saturated rings. The number of alkyl halides is 2. The Bertz CT molecular complexity index is 235. The molecule has 2 saturated heterocycles. The van der Waals surface area contributed by atoms with Crippen molar-refractivity contribution in [2.75, 3.05) is 19.8 Å². The number of hydrogen-bond donors (Lipinski definition) is 0. The van der Waals surface area contributed by atoms with E-state index in [0.29, 0.717) is 19.8 Å². The van der Waals surface area contributed by atoms with Crippen molar-refractivity contribution >= 4 is 5.91 Å². The molecule has 0 aliphatic carbocycles. The zero-order chi connectivity index (χ0) is 10.2. The van der Waals surface area contributed by atoms with Gasteiger partial charge >= 0.3 is 0 Å². The molecule has 5 heteroatoms. The van der Waals surface area contributed by atoms with E-state index in [1.54, 1.807) is 4.90 Å². The van der Waals surface area contributed by atoms with E-state index in [1.807, 2.05) is 0 Å². The number of amides is 1. The van der Waals surface area contributed by atoms with Gasteiger partial charge in [0.1, 0.15) is 0 Å². The summed E-state index contributed by atoms with van der Waals surface area (Å²) < 4.78 is 28.8. The third-order valence-electron chi connectivity index (χ3n) is 2.99. The maximum absolute atomic E-state index is 11.9. The predicted octanol–water partition coefficient (Wildman–Crippen LogP) is 1.03. The molecule has 80 valence electrons. The van der Waals surface area contributed by atoms with E-state index in [0.717, 1.165) is 6.42 Å². The summed E-state index contributed by atoms with van der Waals surface area (Å²) in [6.07, 6.45) is -1.80. The molecular formula is C9H13F2NO2. The van der Waals surface area contributed by atoms with Gasteiger partial charge in [-0.3, -0.25) is 4.79 Å². The van der Waals surface area contributed by atoms with Crippen molar-refractivity contribution in [3.8, 4) is 0 Å². The highest BCUT2D eigenvalue weighted by atomic mass is 19.3. The van der Waals surface area contributed by atoms with Crippen LogP contribution < -0.4 is 0 Å². The van der Waals surface area contributed by atoms with Crippen molar-refractivity contribution in [3.63, 3.8) is 0 Å². The standard InChI is InChI=1S/C9H13F2NO2/c10-7(11)1-2-8(13)12-4-3-9(12)5-14-6-9/h7H,1-6H2. The van der Waals surface area contributed by atoms with Crippen LogP contribution in [0.2, 0.25) is 0 Å². The van der Waals surface area contributed by atoms with Crippen LogP contribution in [-0.2, 0) is 9.53 Å². The Labute approximate surface area is 81.0 Å². The highest BCUT2D eigenvalue weighted by Crippen LogP contribution is 2.37. The first-order chi connectivity index (χ1) is 6.64. The second-order valence-electron chi connectivity index (χ2n) is 3.94. The Kier molecular flexibility index (Phi) is 2.43. The van der Waals surface area contributed by atoms with Crippen molar-refractivity contribution in [2.24, 2.45) is 0 Å². The van der Waals surface area contributed by atoms with Gasteiger partial charge in [-0.2, -0.15) is 0 Å². The van der Waals surface area contributed by atoms with E-state index in [1.165, 1.54) is 0 Å². The molecule has 0 radical (unpaired) electrons. The lowest BCUT2D eigenvalue weighted by Crippen LogP contribution is -2.72. The normalized spacial score (nSPS) is 23.5. The van der Waals surface area contributed by atoms with Gasteiger partial charge in [-0.1, -0.05) is 0 Å². The monoisotopic (exact) mass is 205 g/mol. The first-order valence-corrected chi connectivity index (χ1v) is 4.80. The fraction of sp³-hybridized carbons (Fsp3) is 0.889. The summed E-state index contributed by atoms with van der Waals surface area (Å²) in [5.41, 5.74) is -0.112. The molecule has 0 N–H and O–H groups in total. The third-order valence-corrected chi connectivity index (χ3v) is 2.99. The van der Waals surface area contributed by atoms with E-state index in [2.05, 4.69) is 0 Å². The number of nitrogens with zero attached hydrogens (tertiary/aromatic N) is 1. The summed E-state index contributed by atoms with van der Waals surface area (Å²) in [4.78, 5) is 13.2. The van der Waals surface area contributed by atoms with Gasteiger partial charge in [-0.15, -0.1) is 0 Å². The molecule has 0 aromatic heterocycles. The fourth-order valence-electron chi connectivity index (χ4n) is 1.93. The predicted molar refractivity (Wildman–Crippen MR) is 45.1 cm³/mol. The second kappa shape index (κ2) is 3.46. The maximum Gasteiger partial charge on any atom is 0.239 e. The zero-order valence-electron chi connectivity index (χ0n) is 7.84. The highest BCUT2D eigenvalue weighted by molar-refractivity contribution is 5.78. The van der Waals surface area contributed by atoms with Crippen LogP contribution in [-0.4, -0.2) is 42.5 Å². The Morgan fingerprint density at radius 3 is 2.57 bits per heavy atom. The van der Waals surface area contributed by atoms with Gasteiger partial charge in [0, 0.05) is 19.4 Å². The van der Waals surface area contributed by atoms with Crippen LogP contribution in [0.1, 0.15) is 19.3 Å². The van der Waals surface area contributed by atoms with Crippen molar-refractivity contribution in [1.82, 2.24) is 4.90 Å². The number of ether oxygens (including phenoxy) is 1. The van der Waals surface area contributed by atoms with Crippen molar-refractivity contribution in [2.45, 2.75) is 31.2 Å². The van der Waals surface area contributed by atoms with Gasteiger partial charge in [0.2, 0.25) is 12.3 Å². The molecular weight excluding hydrogens is 192 g/mol. The molecule has 1 amide bonds. The van der Waals surface area contributed by atoms with E-state index in [-0.39, 0.29) is 24.3 Å². The molecule has 14 heavy (non-hydrogen) atoms. The molecule has 2 heterocycles. The molecule has 2 aliphatic heterocycles. The van der Waals surface area contributed by atoms with Gasteiger partial charge < -0.3 is 9.64 Å². The lowest BCUT2D eigenvalue weighted by Gasteiger charge is -2.57. The molecule has 1 spiro atoms. The van der Waals surface area contributed by atoms with Crippen LogP contribution in [0.25, 0.3) is 0 Å². The Morgan fingerprint density at radius 2 is 2.21 bits per heavy atom. The van der Waals surface area contributed by atoms with E-state index >= 15 is 0 Å². The number of halogens is 2. The average molecular weight is 205 g/mol. The third kappa shape index (κ3) is 1.49. The molecule has 3 nitrogen and oxygen atoms in total. The van der Waals surface area contributed by atoms with Crippen LogP contribution in [0.15, 0.2) is 0 Å². The van der Waals surface area contributed by atoms with Gasteiger partial charge in [0.25, 0.3) is 0 Å². The van der Waals surface area contributed by atoms with Crippen molar-refractivity contribution < 1.29 is 18.3 Å². The lowest BCUT2D eigenvalue weighted by atomic mass is 9.82. The molecule has 0 aromatic carbocycles. The first kappa shape index (κ1) is 9.83. The number of carbonyl (C=O) groups is 1. The minimum Gasteiger partial charge on any atom is -0.376 e. The number of hydrogen-bond acceptors (Lipinski definition) is 2. The lowest BCUT2D eigenvalue weighted by molar-refractivity contribution is -0.200. The summed E-state index contributed by atoms with van der Waals surface area (Å²) in [5.74, 6) is -0.153. The largest absolute Gasteiger partial charge is 0.376 e. The van der Waals surface area contributed by atoms with Crippen LogP contribution in [0.5, 0.6) is 0 Å². The van der Waals surface area contributed by atoms with Crippen molar-refractivity contribution in [3.05, 3.63) is 0 Å². The number of likely N-dealkylation sites (tertiary alicyclic amines) is 1. The topological polar surface area (TPSA) is 29.5 Å². The summed E-state index contributed by atoms with van der Waals surface area (Å²) in [7, 11) is 0. The molecule has 2 rings (SSSR count). The first-order valence-electron chi connectivity index (χ1n) is 4.80. The second-order valence-corrected chi connectivity index (χ2v) is 3.94. The van der Waals surface area contributed by atoms with E-state index in [9.17, 15) is 13.6 Å². The van der Waals surface area contributed by atoms with Crippen molar-refractivity contribution in [1.29, 1.82) is 0 Å². The van der Waals surface area contributed by atoms with Gasteiger partial charge in [-0.25, -0.2) is 8.78 Å². The van der Waals surface area contributed by atoms with Crippen LogP contribution in [0.4, 0.5) is 8.78 Å². The Morgan fingerprint density at radius 1 is 1.50 bits per heavy atom. The summed E-state index contributed by atoms with van der Waals surface area (Å²) >= 11 is 0. The molecule has 0 unspecified atom stereocenters. The summed E-state index contributed by atoms with van der Waals surface area (Å²) in [6, 6.07) is 0. The van der Waals surface area contributed by atoms with Crippen LogP contribution >= 0.6 is 0 Å². The molecule has 2 aliphatic rings. The quantitative estimate of drug-likeness (QED) is 0.688. The average Bonchev–Trinajstić information content (AvgIpc) is 1.95. The smallest absolute Gasteiger partial charge is 0.239 e. The van der Waals surface area contributed by atoms with E-state index in [4.69, 9.17) is 4.74 Å². The Hall–Kier alpha value is -0.710. The van der Waals surface area contributed by atoms with Gasteiger partial charge in [0.05, 0.1) is 18.8 Å². The van der Waals surface area contributed by atoms with Gasteiger partial charge in [-0.05, 0) is 6.42 Å². The number of carbonyl (C=O) groups excluding carboxylic acids is 1. The molecule has 0 atom stereocenters. The minimum absolute atomic E-state index is 0.0422. The van der Waals surface area contributed by atoms with Crippen LogP contribution in [0.3, 0.4) is 0 Å². The van der Waals surface area contributed by atoms with Gasteiger partial charge in [0.15, 0.2) is 0 Å². The molecule has 0 saturated carbocycles. The van der Waals surface area contributed by atoms with Crippen LogP contribution in [0, 0.1) is 0 Å². The maximum atomic E-state index is 11.9. The highest BCUT2D eigenvalue weighted by Gasteiger charge is 2.52.